The van der Waals surface area contributed by atoms with E-state index >= 15 is 0 Å². The number of sulfone groups is 1. The summed E-state index contributed by atoms with van der Waals surface area (Å²) in [4.78, 5) is 27.8. The molecule has 36 heavy (non-hydrogen) atoms. The predicted molar refractivity (Wildman–Crippen MR) is 131 cm³/mol. The second-order valence-corrected chi connectivity index (χ2v) is 13.2. The highest BCUT2D eigenvalue weighted by Gasteiger charge is 2.70. The zero-order valence-electron chi connectivity index (χ0n) is 19.9. The van der Waals surface area contributed by atoms with Crippen LogP contribution in [0.2, 0.25) is 5.02 Å². The molecular formula is C24H29ClN4O6S. The third kappa shape index (κ3) is 3.93. The molecule has 5 rings (SSSR count). The van der Waals surface area contributed by atoms with Gasteiger partial charge in [0.1, 0.15) is 10.4 Å². The number of fused-ring (bicyclic) bond motifs is 1. The van der Waals surface area contributed by atoms with Crippen LogP contribution in [0, 0.1) is 0 Å². The first-order valence-corrected chi connectivity index (χ1v) is 13.8. The molecule has 2 heterocycles. The highest BCUT2D eigenvalue weighted by atomic mass is 35.5. The standard InChI is InChI=1S/C24H29ClN4O6S/c1-28-20-17(19(27-28)21(32)26-12-15-2-4-16(25)5-3-15)6-11-29(22(20)33)14-23(7-8-23)36(34,35)24(9-10-24)18(31)13-30/h2-5,18,30-31H,6-14H2,1H3,(H,26,32). The van der Waals surface area contributed by atoms with Crippen LogP contribution in [0.25, 0.3) is 0 Å². The van der Waals surface area contributed by atoms with Crippen LogP contribution in [-0.4, -0.2) is 80.4 Å². The van der Waals surface area contributed by atoms with Gasteiger partial charge in [-0.05, 0) is 49.8 Å². The van der Waals surface area contributed by atoms with E-state index in [1.54, 1.807) is 19.2 Å². The highest BCUT2D eigenvalue weighted by Crippen LogP contribution is 2.58. The fourth-order valence-corrected chi connectivity index (χ4v) is 8.30. The Hall–Kier alpha value is -2.47. The predicted octanol–water partition coefficient (Wildman–Crippen LogP) is 0.835. The van der Waals surface area contributed by atoms with Gasteiger partial charge in [-0.2, -0.15) is 5.10 Å². The van der Waals surface area contributed by atoms with Gasteiger partial charge >= 0.3 is 0 Å². The van der Waals surface area contributed by atoms with Crippen LogP contribution in [0.1, 0.15) is 57.8 Å². The van der Waals surface area contributed by atoms with Crippen molar-refractivity contribution < 1.29 is 28.2 Å². The molecule has 2 aromatic rings. The van der Waals surface area contributed by atoms with Gasteiger partial charge in [0, 0.05) is 37.3 Å². The maximum atomic E-state index is 13.5. The van der Waals surface area contributed by atoms with Gasteiger partial charge < -0.3 is 20.4 Å². The second-order valence-electron chi connectivity index (χ2n) is 10.0. The van der Waals surface area contributed by atoms with E-state index in [9.17, 15) is 28.2 Å². The molecule has 1 aromatic carbocycles. The lowest BCUT2D eigenvalue weighted by molar-refractivity contribution is 0.0720. The first-order chi connectivity index (χ1) is 17.0. The molecular weight excluding hydrogens is 508 g/mol. The average Bonchev–Trinajstić information content (AvgIpc) is 3.78. The number of benzene rings is 1. The van der Waals surface area contributed by atoms with Gasteiger partial charge in [-0.3, -0.25) is 14.3 Å². The van der Waals surface area contributed by atoms with Crippen LogP contribution < -0.4 is 5.32 Å². The van der Waals surface area contributed by atoms with Crippen molar-refractivity contribution in [2.45, 2.75) is 54.2 Å². The van der Waals surface area contributed by atoms with Crippen molar-refractivity contribution in [3.8, 4) is 0 Å². The van der Waals surface area contributed by atoms with Crippen molar-refractivity contribution in [3.63, 3.8) is 0 Å². The van der Waals surface area contributed by atoms with E-state index < -0.39 is 37.9 Å². The molecule has 12 heteroatoms. The first-order valence-electron chi connectivity index (χ1n) is 12.0. The van der Waals surface area contributed by atoms with Gasteiger partial charge in [0.15, 0.2) is 15.5 Å². The van der Waals surface area contributed by atoms with Crippen LogP contribution in [0.4, 0.5) is 0 Å². The topological polar surface area (TPSA) is 142 Å². The molecule has 1 atom stereocenters. The van der Waals surface area contributed by atoms with Gasteiger partial charge in [0.2, 0.25) is 0 Å². The van der Waals surface area contributed by atoms with E-state index in [0.717, 1.165) is 5.56 Å². The van der Waals surface area contributed by atoms with Gasteiger partial charge in [0.05, 0.1) is 17.5 Å². The maximum absolute atomic E-state index is 13.5. The van der Waals surface area contributed by atoms with E-state index in [-0.39, 0.29) is 36.9 Å². The molecule has 2 fully saturated rings. The molecule has 0 spiro atoms. The normalized spacial score (nSPS) is 20.6. The van der Waals surface area contributed by atoms with Crippen LogP contribution in [-0.2, 0) is 29.9 Å². The molecule has 2 amide bonds. The summed E-state index contributed by atoms with van der Waals surface area (Å²) < 4.78 is 26.0. The van der Waals surface area contributed by atoms with Gasteiger partial charge in [-0.1, -0.05) is 23.7 Å². The molecule has 0 bridgehead atoms. The van der Waals surface area contributed by atoms with E-state index in [1.165, 1.54) is 9.58 Å². The Morgan fingerprint density at radius 2 is 1.89 bits per heavy atom. The number of aryl methyl sites for hydroxylation is 1. The number of rotatable bonds is 9. The van der Waals surface area contributed by atoms with Crippen molar-refractivity contribution in [1.29, 1.82) is 0 Å². The van der Waals surface area contributed by atoms with Gasteiger partial charge in [-0.25, -0.2) is 8.42 Å². The molecule has 3 aliphatic rings. The van der Waals surface area contributed by atoms with Crippen LogP contribution >= 0.6 is 11.6 Å². The van der Waals surface area contributed by atoms with Gasteiger partial charge in [0.25, 0.3) is 11.8 Å². The molecule has 0 saturated heterocycles. The largest absolute Gasteiger partial charge is 0.394 e. The molecule has 1 unspecified atom stereocenters. The summed E-state index contributed by atoms with van der Waals surface area (Å²) in [5.74, 6) is -0.755. The minimum atomic E-state index is -3.78. The van der Waals surface area contributed by atoms with Crippen molar-refractivity contribution >= 4 is 33.3 Å². The minimum Gasteiger partial charge on any atom is -0.394 e. The first kappa shape index (κ1) is 25.2. The van der Waals surface area contributed by atoms with Crippen LogP contribution in [0.15, 0.2) is 24.3 Å². The third-order valence-electron chi connectivity index (χ3n) is 7.76. The Bertz CT molecular complexity index is 1310. The van der Waals surface area contributed by atoms with Crippen LogP contribution in [0.3, 0.4) is 0 Å². The highest BCUT2D eigenvalue weighted by molar-refractivity contribution is 7.94. The Kier molecular flexibility index (Phi) is 6.18. The number of aliphatic hydroxyl groups is 2. The number of carbonyl (C=O) groups excluding carboxylic acids is 2. The molecule has 194 valence electrons. The number of hydrogen-bond acceptors (Lipinski definition) is 7. The minimum absolute atomic E-state index is 0.0246. The molecule has 10 nitrogen and oxygen atoms in total. The lowest BCUT2D eigenvalue weighted by atomic mass is 10.0. The molecule has 1 aliphatic heterocycles. The number of nitrogens with one attached hydrogen (secondary N) is 1. The van der Waals surface area contributed by atoms with Crippen molar-refractivity contribution in [3.05, 3.63) is 51.8 Å². The summed E-state index contributed by atoms with van der Waals surface area (Å²) in [5, 5.41) is 27.3. The number of aromatic nitrogens is 2. The third-order valence-corrected chi connectivity index (χ3v) is 11.4. The summed E-state index contributed by atoms with van der Waals surface area (Å²) in [6.07, 6.45) is 0.500. The molecule has 0 radical (unpaired) electrons. The van der Waals surface area contributed by atoms with Crippen molar-refractivity contribution in [2.24, 2.45) is 7.05 Å². The number of amides is 2. The fraction of sp³-hybridized carbons (Fsp3) is 0.542. The number of hydrogen-bond donors (Lipinski definition) is 3. The fourth-order valence-electron chi connectivity index (χ4n) is 5.27. The molecule has 3 N–H and O–H groups in total. The quantitative estimate of drug-likeness (QED) is 0.431. The second kappa shape index (κ2) is 8.83. The van der Waals surface area contributed by atoms with E-state index in [1.807, 2.05) is 12.1 Å². The maximum Gasteiger partial charge on any atom is 0.272 e. The van der Waals surface area contributed by atoms with Crippen molar-refractivity contribution in [1.82, 2.24) is 20.0 Å². The Morgan fingerprint density at radius 3 is 2.47 bits per heavy atom. The number of carbonyl (C=O) groups is 2. The average molecular weight is 537 g/mol. The van der Waals surface area contributed by atoms with E-state index in [2.05, 4.69) is 10.4 Å². The number of nitrogens with zero attached hydrogens (tertiary/aromatic N) is 3. The van der Waals surface area contributed by atoms with Crippen molar-refractivity contribution in [2.75, 3.05) is 19.7 Å². The summed E-state index contributed by atoms with van der Waals surface area (Å²) in [5.41, 5.74) is 1.89. The Labute approximate surface area is 214 Å². The van der Waals surface area contributed by atoms with E-state index in [4.69, 9.17) is 11.6 Å². The monoisotopic (exact) mass is 536 g/mol. The lowest BCUT2D eigenvalue weighted by Gasteiger charge is -2.33. The zero-order valence-corrected chi connectivity index (χ0v) is 21.5. The summed E-state index contributed by atoms with van der Waals surface area (Å²) in [6.45, 7) is -0.0406. The number of aliphatic hydroxyl groups excluding tert-OH is 2. The van der Waals surface area contributed by atoms with Crippen LogP contribution in [0.5, 0.6) is 0 Å². The SMILES string of the molecule is Cn1nc(C(=O)NCc2ccc(Cl)cc2)c2c1C(=O)N(CC1(S(=O)(=O)C3(C(O)CO)CC3)CC1)CC2. The summed E-state index contributed by atoms with van der Waals surface area (Å²) in [7, 11) is -2.19. The summed E-state index contributed by atoms with van der Waals surface area (Å²) in [6, 6.07) is 7.10. The van der Waals surface area contributed by atoms with E-state index in [0.29, 0.717) is 42.7 Å². The smallest absolute Gasteiger partial charge is 0.272 e. The molecule has 2 saturated carbocycles. The summed E-state index contributed by atoms with van der Waals surface area (Å²) >= 11 is 5.90. The Morgan fingerprint density at radius 1 is 1.22 bits per heavy atom. The molecule has 1 aromatic heterocycles. The molecule has 2 aliphatic carbocycles. The number of halogens is 1. The zero-order chi connectivity index (χ0) is 25.9. The lowest BCUT2D eigenvalue weighted by Crippen LogP contribution is -2.51. The Balaban J connectivity index is 1.32. The van der Waals surface area contributed by atoms with Gasteiger partial charge in [-0.15, -0.1) is 0 Å².